The Kier molecular flexibility index (Phi) is 5.19. The summed E-state index contributed by atoms with van der Waals surface area (Å²) in [5.74, 6) is -0.0305. The van der Waals surface area contributed by atoms with Crippen LogP contribution in [0.25, 0.3) is 10.1 Å². The molecule has 1 amide bonds. The number of rotatable bonds is 5. The van der Waals surface area contributed by atoms with Crippen LogP contribution in [0.15, 0.2) is 54.6 Å². The predicted molar refractivity (Wildman–Crippen MR) is 102 cm³/mol. The average Bonchev–Trinajstić information content (AvgIpc) is 3.00. The van der Waals surface area contributed by atoms with E-state index < -0.39 is 0 Å². The van der Waals surface area contributed by atoms with E-state index in [-0.39, 0.29) is 11.9 Å². The van der Waals surface area contributed by atoms with Crippen LogP contribution in [-0.4, -0.2) is 31.4 Å². The van der Waals surface area contributed by atoms with E-state index in [4.69, 9.17) is 11.6 Å². The van der Waals surface area contributed by atoms with Crippen molar-refractivity contribution in [3.63, 3.8) is 0 Å². The highest BCUT2D eigenvalue weighted by molar-refractivity contribution is 7.20. The summed E-state index contributed by atoms with van der Waals surface area (Å²) in [4.78, 5) is 15.3. The zero-order chi connectivity index (χ0) is 17.1. The number of fused-ring (bicyclic) bond motifs is 1. The van der Waals surface area contributed by atoms with Crippen LogP contribution in [0.5, 0.6) is 0 Å². The van der Waals surface area contributed by atoms with Crippen molar-refractivity contribution in [2.24, 2.45) is 0 Å². The minimum atomic E-state index is -0.0305. The average molecular weight is 359 g/mol. The third-order valence-electron chi connectivity index (χ3n) is 3.98. The molecule has 1 heterocycles. The van der Waals surface area contributed by atoms with Gasteiger partial charge < -0.3 is 10.2 Å². The molecule has 1 N–H and O–H groups in total. The van der Waals surface area contributed by atoms with Gasteiger partial charge in [0.15, 0.2) is 0 Å². The van der Waals surface area contributed by atoms with Crippen LogP contribution in [-0.2, 0) is 0 Å². The lowest BCUT2D eigenvalue weighted by Crippen LogP contribution is -2.34. The van der Waals surface area contributed by atoms with E-state index >= 15 is 0 Å². The van der Waals surface area contributed by atoms with Gasteiger partial charge >= 0.3 is 0 Å². The number of amides is 1. The van der Waals surface area contributed by atoms with Gasteiger partial charge in [0, 0.05) is 16.3 Å². The highest BCUT2D eigenvalue weighted by atomic mass is 35.5. The number of likely N-dealkylation sites (N-methyl/N-ethyl adjacent to an activating group) is 1. The first-order valence-electron chi connectivity index (χ1n) is 7.73. The number of carbonyl (C=O) groups excluding carboxylic acids is 1. The maximum atomic E-state index is 12.5. The molecule has 0 fully saturated rings. The van der Waals surface area contributed by atoms with Crippen molar-refractivity contribution in [1.82, 2.24) is 10.2 Å². The summed E-state index contributed by atoms with van der Waals surface area (Å²) in [5.41, 5.74) is 1.13. The van der Waals surface area contributed by atoms with Crippen molar-refractivity contribution < 1.29 is 4.79 Å². The maximum Gasteiger partial charge on any atom is 0.261 e. The molecule has 0 saturated carbocycles. The Morgan fingerprint density at radius 2 is 1.88 bits per heavy atom. The van der Waals surface area contributed by atoms with Crippen molar-refractivity contribution in [1.29, 1.82) is 0 Å². The standard InChI is InChI=1S/C19H19ClN2OS/c1-22(2)16(13-7-9-15(20)10-8-13)12-21-19(23)18-11-14-5-3-4-6-17(14)24-18/h3-11,16H,12H2,1-2H3,(H,21,23). The van der Waals surface area contributed by atoms with Gasteiger partial charge in [0.1, 0.15) is 0 Å². The normalized spacial score (nSPS) is 12.5. The van der Waals surface area contributed by atoms with Crippen LogP contribution < -0.4 is 5.32 Å². The summed E-state index contributed by atoms with van der Waals surface area (Å²) >= 11 is 7.48. The van der Waals surface area contributed by atoms with E-state index in [9.17, 15) is 4.79 Å². The molecule has 1 aromatic heterocycles. The van der Waals surface area contributed by atoms with Gasteiger partial charge in [-0.05, 0) is 49.3 Å². The Hall–Kier alpha value is -1.88. The molecule has 0 aliphatic rings. The minimum absolute atomic E-state index is 0.0305. The fourth-order valence-electron chi connectivity index (χ4n) is 2.65. The Bertz CT molecular complexity index is 809. The van der Waals surface area contributed by atoms with Crippen LogP contribution in [0.1, 0.15) is 21.3 Å². The molecule has 1 unspecified atom stereocenters. The molecule has 1 atom stereocenters. The van der Waals surface area contributed by atoms with Crippen molar-refractivity contribution >= 4 is 38.9 Å². The van der Waals surface area contributed by atoms with Crippen molar-refractivity contribution in [2.75, 3.05) is 20.6 Å². The van der Waals surface area contributed by atoms with Gasteiger partial charge in [-0.15, -0.1) is 11.3 Å². The number of nitrogens with one attached hydrogen (secondary N) is 1. The molecule has 2 aromatic carbocycles. The second-order valence-corrected chi connectivity index (χ2v) is 7.41. The molecule has 3 rings (SSSR count). The van der Waals surface area contributed by atoms with E-state index in [0.717, 1.165) is 20.5 Å². The summed E-state index contributed by atoms with van der Waals surface area (Å²) < 4.78 is 1.13. The lowest BCUT2D eigenvalue weighted by atomic mass is 10.1. The van der Waals surface area contributed by atoms with Gasteiger partial charge in [0.2, 0.25) is 0 Å². The van der Waals surface area contributed by atoms with Crippen LogP contribution in [0.2, 0.25) is 5.02 Å². The Morgan fingerprint density at radius 1 is 1.17 bits per heavy atom. The topological polar surface area (TPSA) is 32.3 Å². The highest BCUT2D eigenvalue weighted by Gasteiger charge is 2.17. The maximum absolute atomic E-state index is 12.5. The highest BCUT2D eigenvalue weighted by Crippen LogP contribution is 2.25. The van der Waals surface area contributed by atoms with Crippen LogP contribution >= 0.6 is 22.9 Å². The zero-order valence-electron chi connectivity index (χ0n) is 13.6. The summed E-state index contributed by atoms with van der Waals surface area (Å²) in [7, 11) is 4.01. The van der Waals surface area contributed by atoms with Gasteiger partial charge in [-0.25, -0.2) is 0 Å². The number of hydrogen-bond acceptors (Lipinski definition) is 3. The molecule has 124 valence electrons. The van der Waals surface area contributed by atoms with Crippen molar-refractivity contribution in [2.45, 2.75) is 6.04 Å². The fourth-order valence-corrected chi connectivity index (χ4v) is 3.76. The molecule has 3 aromatic rings. The SMILES string of the molecule is CN(C)C(CNC(=O)c1cc2ccccc2s1)c1ccc(Cl)cc1. The van der Waals surface area contributed by atoms with Crippen LogP contribution in [0.3, 0.4) is 0 Å². The summed E-state index contributed by atoms with van der Waals surface area (Å²) in [6.45, 7) is 0.543. The molecule has 0 radical (unpaired) electrons. The van der Waals surface area contributed by atoms with Gasteiger partial charge in [0.25, 0.3) is 5.91 Å². The Labute approximate surface area is 150 Å². The van der Waals surface area contributed by atoms with Crippen molar-refractivity contribution in [3.8, 4) is 0 Å². The number of nitrogens with zero attached hydrogens (tertiary/aromatic N) is 1. The second-order valence-electron chi connectivity index (χ2n) is 5.89. The largest absolute Gasteiger partial charge is 0.349 e. The number of thiophene rings is 1. The zero-order valence-corrected chi connectivity index (χ0v) is 15.2. The molecular weight excluding hydrogens is 340 g/mol. The number of hydrogen-bond donors (Lipinski definition) is 1. The summed E-state index contributed by atoms with van der Waals surface area (Å²) in [5, 5.41) is 4.87. The lowest BCUT2D eigenvalue weighted by Gasteiger charge is -2.25. The van der Waals surface area contributed by atoms with Crippen LogP contribution in [0.4, 0.5) is 0 Å². The first kappa shape index (κ1) is 17.0. The van der Waals surface area contributed by atoms with E-state index in [1.54, 1.807) is 0 Å². The van der Waals surface area contributed by atoms with Gasteiger partial charge in [-0.3, -0.25) is 4.79 Å². The lowest BCUT2D eigenvalue weighted by molar-refractivity contribution is 0.0946. The van der Waals surface area contributed by atoms with Gasteiger partial charge in [0.05, 0.1) is 10.9 Å². The predicted octanol–water partition coefficient (Wildman–Crippen LogP) is 4.59. The molecule has 0 saturated heterocycles. The molecule has 3 nitrogen and oxygen atoms in total. The molecule has 0 bridgehead atoms. The Balaban J connectivity index is 1.72. The minimum Gasteiger partial charge on any atom is -0.349 e. The third kappa shape index (κ3) is 3.78. The van der Waals surface area contributed by atoms with E-state index in [2.05, 4.69) is 10.2 Å². The monoisotopic (exact) mass is 358 g/mol. The second kappa shape index (κ2) is 7.34. The number of benzene rings is 2. The van der Waals surface area contributed by atoms with Gasteiger partial charge in [-0.1, -0.05) is 41.9 Å². The number of carbonyl (C=O) groups is 1. The molecule has 0 spiro atoms. The summed E-state index contributed by atoms with van der Waals surface area (Å²) in [6.07, 6.45) is 0. The molecule has 0 aliphatic carbocycles. The van der Waals surface area contributed by atoms with E-state index in [1.807, 2.05) is 68.7 Å². The molecular formula is C19H19ClN2OS. The molecule has 0 aliphatic heterocycles. The first-order valence-corrected chi connectivity index (χ1v) is 8.92. The number of halogens is 1. The summed E-state index contributed by atoms with van der Waals surface area (Å²) in [6, 6.07) is 17.8. The van der Waals surface area contributed by atoms with Crippen LogP contribution in [0, 0.1) is 0 Å². The quantitative estimate of drug-likeness (QED) is 0.723. The van der Waals surface area contributed by atoms with E-state index in [1.165, 1.54) is 11.3 Å². The van der Waals surface area contributed by atoms with Crippen molar-refractivity contribution in [3.05, 3.63) is 70.1 Å². The van der Waals surface area contributed by atoms with E-state index in [0.29, 0.717) is 11.6 Å². The third-order valence-corrected chi connectivity index (χ3v) is 5.35. The first-order chi connectivity index (χ1) is 11.5. The fraction of sp³-hybridized carbons (Fsp3) is 0.211. The van der Waals surface area contributed by atoms with Gasteiger partial charge in [-0.2, -0.15) is 0 Å². The smallest absolute Gasteiger partial charge is 0.261 e. The molecule has 24 heavy (non-hydrogen) atoms. The molecule has 5 heteroatoms. The Morgan fingerprint density at radius 3 is 2.54 bits per heavy atom.